The molecular weight excluding hydrogens is 356 g/mol. The van der Waals surface area contributed by atoms with E-state index in [9.17, 15) is 9.59 Å². The Hall–Kier alpha value is -2.76. The van der Waals surface area contributed by atoms with Crippen LogP contribution >= 0.6 is 0 Å². The monoisotopic (exact) mass is 384 g/mol. The fourth-order valence-electron chi connectivity index (χ4n) is 2.51. The number of ether oxygens (including phenoxy) is 2. The number of rotatable bonds is 3. The van der Waals surface area contributed by atoms with Crippen LogP contribution in [0.4, 0.5) is 0 Å². The van der Waals surface area contributed by atoms with Crippen molar-refractivity contribution >= 4 is 11.9 Å². The zero-order chi connectivity index (χ0) is 21.3. The van der Waals surface area contributed by atoms with Crippen LogP contribution in [-0.4, -0.2) is 33.1 Å². The van der Waals surface area contributed by atoms with Crippen LogP contribution in [-0.2, 0) is 9.47 Å². The fraction of sp³-hybridized carbons (Fsp3) is 0.455. The molecule has 0 bridgehead atoms. The third-order valence-electron chi connectivity index (χ3n) is 3.44. The highest BCUT2D eigenvalue weighted by Crippen LogP contribution is 2.22. The zero-order valence-corrected chi connectivity index (χ0v) is 17.8. The molecule has 0 atom stereocenters. The minimum atomic E-state index is -0.597. The van der Waals surface area contributed by atoms with Gasteiger partial charge in [-0.1, -0.05) is 0 Å². The van der Waals surface area contributed by atoms with E-state index in [2.05, 4.69) is 9.97 Å². The number of hydrogen-bond acceptors (Lipinski definition) is 6. The van der Waals surface area contributed by atoms with Crippen molar-refractivity contribution in [3.63, 3.8) is 0 Å². The van der Waals surface area contributed by atoms with Crippen LogP contribution in [0.5, 0.6) is 0 Å². The summed E-state index contributed by atoms with van der Waals surface area (Å²) in [5.74, 6) is -0.862. The summed E-state index contributed by atoms with van der Waals surface area (Å²) in [5.41, 5.74) is 1.88. The van der Waals surface area contributed by atoms with Gasteiger partial charge in [-0.15, -0.1) is 0 Å². The molecule has 28 heavy (non-hydrogen) atoms. The predicted octanol–water partition coefficient (Wildman–Crippen LogP) is 4.67. The van der Waals surface area contributed by atoms with Crippen molar-refractivity contribution in [1.82, 2.24) is 9.97 Å². The molecule has 0 aliphatic heterocycles. The summed E-state index contributed by atoms with van der Waals surface area (Å²) < 4.78 is 10.9. The van der Waals surface area contributed by atoms with E-state index in [0.29, 0.717) is 33.9 Å². The van der Waals surface area contributed by atoms with Crippen molar-refractivity contribution in [2.75, 3.05) is 0 Å². The molecule has 0 unspecified atom stereocenters. The normalized spacial score (nSPS) is 11.9. The molecule has 0 fully saturated rings. The number of hydrogen-bond donors (Lipinski definition) is 0. The Kier molecular flexibility index (Phi) is 5.92. The Morgan fingerprint density at radius 1 is 0.679 bits per heavy atom. The standard InChI is InChI=1S/C22H28N2O4/c1-13-9-15(19(25)27-21(3,4)5)11-17(23-13)18-12-16(10-14(2)24-18)20(26)28-22(6,7)8/h9-12H,1-8H3. The van der Waals surface area contributed by atoms with Gasteiger partial charge in [0.25, 0.3) is 0 Å². The number of carbonyl (C=O) groups excluding carboxylic acids is 2. The number of aryl methyl sites for hydroxylation is 2. The molecule has 0 aromatic carbocycles. The number of esters is 2. The summed E-state index contributed by atoms with van der Waals surface area (Å²) in [5, 5.41) is 0. The second-order valence-electron chi connectivity index (χ2n) is 8.77. The van der Waals surface area contributed by atoms with Gasteiger partial charge in [-0.3, -0.25) is 9.97 Å². The van der Waals surface area contributed by atoms with E-state index in [1.54, 1.807) is 38.1 Å². The number of pyridine rings is 2. The largest absolute Gasteiger partial charge is 0.456 e. The van der Waals surface area contributed by atoms with E-state index in [0.717, 1.165) is 0 Å². The van der Waals surface area contributed by atoms with Gasteiger partial charge in [0.2, 0.25) is 0 Å². The number of carbonyl (C=O) groups is 2. The second kappa shape index (κ2) is 7.70. The zero-order valence-electron chi connectivity index (χ0n) is 17.8. The lowest BCUT2D eigenvalue weighted by atomic mass is 10.1. The van der Waals surface area contributed by atoms with Crippen LogP contribution in [0.2, 0.25) is 0 Å². The molecule has 2 heterocycles. The first-order valence-electron chi connectivity index (χ1n) is 9.18. The molecule has 0 aliphatic rings. The summed E-state index contributed by atoms with van der Waals surface area (Å²) >= 11 is 0. The molecule has 0 N–H and O–H groups in total. The molecule has 0 spiro atoms. The first kappa shape index (κ1) is 21.5. The summed E-state index contributed by atoms with van der Waals surface area (Å²) in [6, 6.07) is 6.59. The van der Waals surface area contributed by atoms with Crippen molar-refractivity contribution in [3.05, 3.63) is 46.8 Å². The molecule has 0 aliphatic carbocycles. The SMILES string of the molecule is Cc1cc(C(=O)OC(C)(C)C)cc(-c2cc(C(=O)OC(C)(C)C)cc(C)n2)n1. The van der Waals surface area contributed by atoms with E-state index < -0.39 is 23.1 Å². The summed E-state index contributed by atoms with van der Waals surface area (Å²) in [4.78, 5) is 33.9. The highest BCUT2D eigenvalue weighted by Gasteiger charge is 2.21. The Balaban J connectivity index is 2.45. The molecule has 2 aromatic heterocycles. The Labute approximate surface area is 166 Å². The van der Waals surface area contributed by atoms with Crippen molar-refractivity contribution in [2.24, 2.45) is 0 Å². The van der Waals surface area contributed by atoms with E-state index in [1.807, 2.05) is 41.5 Å². The van der Waals surface area contributed by atoms with Crippen LogP contribution < -0.4 is 0 Å². The average Bonchev–Trinajstić information content (AvgIpc) is 2.50. The van der Waals surface area contributed by atoms with Crippen LogP contribution in [0.15, 0.2) is 24.3 Å². The molecule has 150 valence electrons. The minimum absolute atomic E-state index is 0.388. The molecular formula is C22H28N2O4. The molecule has 0 radical (unpaired) electrons. The van der Waals surface area contributed by atoms with Crippen molar-refractivity contribution in [2.45, 2.75) is 66.6 Å². The first-order valence-corrected chi connectivity index (χ1v) is 9.18. The number of nitrogens with zero attached hydrogens (tertiary/aromatic N) is 2. The maximum absolute atomic E-state index is 12.5. The van der Waals surface area contributed by atoms with Crippen molar-refractivity contribution in [3.8, 4) is 11.4 Å². The highest BCUT2D eigenvalue weighted by molar-refractivity contribution is 5.92. The van der Waals surface area contributed by atoms with Crippen LogP contribution in [0.1, 0.15) is 73.6 Å². The van der Waals surface area contributed by atoms with E-state index in [4.69, 9.17) is 9.47 Å². The third-order valence-corrected chi connectivity index (χ3v) is 3.44. The van der Waals surface area contributed by atoms with Gasteiger partial charge in [0.05, 0.1) is 22.5 Å². The van der Waals surface area contributed by atoms with Gasteiger partial charge in [0.1, 0.15) is 11.2 Å². The lowest BCUT2D eigenvalue weighted by Crippen LogP contribution is -2.24. The maximum atomic E-state index is 12.5. The highest BCUT2D eigenvalue weighted by atomic mass is 16.6. The van der Waals surface area contributed by atoms with E-state index >= 15 is 0 Å². The van der Waals surface area contributed by atoms with Gasteiger partial charge >= 0.3 is 11.9 Å². The fourth-order valence-corrected chi connectivity index (χ4v) is 2.51. The van der Waals surface area contributed by atoms with Gasteiger partial charge in [-0.2, -0.15) is 0 Å². The van der Waals surface area contributed by atoms with Gasteiger partial charge in [0, 0.05) is 11.4 Å². The lowest BCUT2D eigenvalue weighted by Gasteiger charge is -2.20. The van der Waals surface area contributed by atoms with Crippen LogP contribution in [0.3, 0.4) is 0 Å². The summed E-state index contributed by atoms with van der Waals surface area (Å²) in [7, 11) is 0. The molecule has 6 nitrogen and oxygen atoms in total. The van der Waals surface area contributed by atoms with Crippen molar-refractivity contribution in [1.29, 1.82) is 0 Å². The second-order valence-corrected chi connectivity index (χ2v) is 8.77. The van der Waals surface area contributed by atoms with Gasteiger partial charge in [-0.25, -0.2) is 9.59 Å². The molecule has 0 saturated heterocycles. The van der Waals surface area contributed by atoms with Gasteiger partial charge < -0.3 is 9.47 Å². The van der Waals surface area contributed by atoms with Crippen LogP contribution in [0, 0.1) is 13.8 Å². The molecule has 2 rings (SSSR count). The van der Waals surface area contributed by atoms with E-state index in [1.165, 1.54) is 0 Å². The average molecular weight is 384 g/mol. The topological polar surface area (TPSA) is 78.4 Å². The van der Waals surface area contributed by atoms with E-state index in [-0.39, 0.29) is 0 Å². The van der Waals surface area contributed by atoms with Gasteiger partial charge in [0.15, 0.2) is 0 Å². The summed E-state index contributed by atoms with van der Waals surface area (Å²) in [6.45, 7) is 14.5. The number of aromatic nitrogens is 2. The lowest BCUT2D eigenvalue weighted by molar-refractivity contribution is 0.00566. The van der Waals surface area contributed by atoms with Crippen molar-refractivity contribution < 1.29 is 19.1 Å². The Morgan fingerprint density at radius 2 is 1.00 bits per heavy atom. The first-order chi connectivity index (χ1) is 12.7. The van der Waals surface area contributed by atoms with Gasteiger partial charge in [-0.05, 0) is 79.7 Å². The smallest absolute Gasteiger partial charge is 0.338 e. The molecule has 0 amide bonds. The third kappa shape index (κ3) is 6.15. The molecule has 6 heteroatoms. The quantitative estimate of drug-likeness (QED) is 0.716. The summed E-state index contributed by atoms with van der Waals surface area (Å²) in [6.07, 6.45) is 0. The minimum Gasteiger partial charge on any atom is -0.456 e. The predicted molar refractivity (Wildman–Crippen MR) is 107 cm³/mol. The maximum Gasteiger partial charge on any atom is 0.338 e. The molecule has 2 aromatic rings. The Morgan fingerprint density at radius 3 is 1.29 bits per heavy atom. The molecule has 0 saturated carbocycles. The Bertz CT molecular complexity index is 830. The van der Waals surface area contributed by atoms with Crippen LogP contribution in [0.25, 0.3) is 11.4 Å².